The summed E-state index contributed by atoms with van der Waals surface area (Å²) in [4.78, 5) is 55.0. The molecule has 0 aromatic rings. The highest BCUT2D eigenvalue weighted by Gasteiger charge is 2.43. The van der Waals surface area contributed by atoms with Gasteiger partial charge in [0.05, 0.1) is 26.9 Å². The van der Waals surface area contributed by atoms with Gasteiger partial charge in [-0.1, -0.05) is 0 Å². The zero-order valence-electron chi connectivity index (χ0n) is 15.2. The van der Waals surface area contributed by atoms with E-state index in [1.54, 1.807) is 0 Å². The Morgan fingerprint density at radius 3 is 2.14 bits per heavy atom. The van der Waals surface area contributed by atoms with Crippen LogP contribution in [0, 0.1) is 20.2 Å². The maximum absolute atomic E-state index is 12.6. The van der Waals surface area contributed by atoms with Crippen LogP contribution in [0.5, 0.6) is 0 Å². The minimum atomic E-state index is -1.36. The molecule has 0 amide bonds. The number of ketones is 2. The number of hydrogen-bond acceptors (Lipinski definition) is 11. The molecule has 28 heavy (non-hydrogen) atoms. The van der Waals surface area contributed by atoms with Gasteiger partial charge in [0, 0.05) is 11.1 Å². The predicted molar refractivity (Wildman–Crippen MR) is 86.5 cm³/mol. The Labute approximate surface area is 158 Å². The minimum absolute atomic E-state index is 0.00626. The van der Waals surface area contributed by atoms with Gasteiger partial charge in [0.25, 0.3) is 10.2 Å². The summed E-state index contributed by atoms with van der Waals surface area (Å²) in [6.45, 7) is 1.15. The Morgan fingerprint density at radius 2 is 1.61 bits per heavy atom. The molecule has 1 aliphatic carbocycles. The highest BCUT2D eigenvalue weighted by molar-refractivity contribution is 6.23. The van der Waals surface area contributed by atoms with Gasteiger partial charge in [0.15, 0.2) is 12.2 Å². The van der Waals surface area contributed by atoms with E-state index < -0.39 is 40.1 Å². The number of hydrogen-bond donors (Lipinski definition) is 0. The van der Waals surface area contributed by atoms with Crippen molar-refractivity contribution in [1.29, 1.82) is 0 Å². The van der Waals surface area contributed by atoms with Gasteiger partial charge in [-0.25, -0.2) is 0 Å². The van der Waals surface area contributed by atoms with Gasteiger partial charge < -0.3 is 23.9 Å². The first kappa shape index (κ1) is 21.1. The summed E-state index contributed by atoms with van der Waals surface area (Å²) in [5.41, 5.74) is 0.273. The van der Waals surface area contributed by atoms with E-state index in [0.717, 1.165) is 0 Å². The Hall–Kier alpha value is -3.22. The van der Waals surface area contributed by atoms with Gasteiger partial charge in [-0.2, -0.15) is 0 Å². The molecule has 0 radical (unpaired) electrons. The number of methoxy groups -OCH3 is 2. The van der Waals surface area contributed by atoms with E-state index in [0.29, 0.717) is 0 Å². The van der Waals surface area contributed by atoms with Crippen LogP contribution in [-0.4, -0.2) is 60.9 Å². The molecular formula is C15H18N2O11. The third kappa shape index (κ3) is 4.19. The largest absolute Gasteiger partial charge is 0.489 e. The fraction of sp³-hybridized carbons (Fsp3) is 0.600. The van der Waals surface area contributed by atoms with Crippen LogP contribution in [0.1, 0.15) is 19.8 Å². The van der Waals surface area contributed by atoms with Crippen molar-refractivity contribution in [1.82, 2.24) is 0 Å². The second kappa shape index (κ2) is 8.65. The van der Waals surface area contributed by atoms with Crippen LogP contribution in [0.2, 0.25) is 0 Å². The van der Waals surface area contributed by atoms with E-state index in [1.165, 1.54) is 21.1 Å². The van der Waals surface area contributed by atoms with Crippen molar-refractivity contribution in [2.45, 2.75) is 38.1 Å². The van der Waals surface area contributed by atoms with Gasteiger partial charge in [-0.3, -0.25) is 9.59 Å². The van der Waals surface area contributed by atoms with Crippen LogP contribution in [0.4, 0.5) is 0 Å². The van der Waals surface area contributed by atoms with Gasteiger partial charge in [-0.05, 0) is 19.8 Å². The van der Waals surface area contributed by atoms with E-state index >= 15 is 0 Å². The standard InChI is InChI=1S/C15H18N2O11/c1-7-8(12(19)15(25-3)14(24-2)11(7)18)4-5-9-13(28-17(22)23)10(6-26-9)27-16(20)21/h9-10,13H,4-6H2,1-3H3/t9?,10-,13+/m1/s1. The van der Waals surface area contributed by atoms with E-state index in [4.69, 9.17) is 14.2 Å². The fourth-order valence-corrected chi connectivity index (χ4v) is 3.11. The molecule has 0 N–H and O–H groups in total. The second-order valence-corrected chi connectivity index (χ2v) is 5.90. The van der Waals surface area contributed by atoms with E-state index in [1.807, 2.05) is 0 Å². The van der Waals surface area contributed by atoms with Crippen molar-refractivity contribution in [2.24, 2.45) is 0 Å². The number of carbonyl (C=O) groups is 2. The average molecular weight is 402 g/mol. The monoisotopic (exact) mass is 402 g/mol. The van der Waals surface area contributed by atoms with E-state index in [-0.39, 0.29) is 42.1 Å². The van der Waals surface area contributed by atoms with Gasteiger partial charge in [-0.15, -0.1) is 20.2 Å². The third-order valence-corrected chi connectivity index (χ3v) is 4.41. The zero-order valence-corrected chi connectivity index (χ0v) is 15.2. The molecule has 13 heteroatoms. The smallest absolute Gasteiger partial charge is 0.294 e. The van der Waals surface area contributed by atoms with Crippen molar-refractivity contribution < 1.29 is 43.6 Å². The van der Waals surface area contributed by atoms with Crippen LogP contribution < -0.4 is 0 Å². The summed E-state index contributed by atoms with van der Waals surface area (Å²) >= 11 is 0. The molecule has 0 spiro atoms. The Kier molecular flexibility index (Phi) is 6.51. The molecule has 1 heterocycles. The molecule has 3 atom stereocenters. The summed E-state index contributed by atoms with van der Waals surface area (Å²) in [6.07, 6.45) is -3.60. The lowest BCUT2D eigenvalue weighted by Gasteiger charge is -2.23. The molecule has 0 bridgehead atoms. The average Bonchev–Trinajstić information content (AvgIpc) is 2.98. The molecule has 1 aliphatic heterocycles. The Bertz CT molecular complexity index is 757. The predicted octanol–water partition coefficient (Wildman–Crippen LogP) is 0.292. The number of rotatable bonds is 9. The van der Waals surface area contributed by atoms with Crippen LogP contribution in [0.25, 0.3) is 0 Å². The van der Waals surface area contributed by atoms with Crippen molar-refractivity contribution in [3.63, 3.8) is 0 Å². The van der Waals surface area contributed by atoms with Crippen LogP contribution in [-0.2, 0) is 33.5 Å². The molecule has 0 saturated carbocycles. The second-order valence-electron chi connectivity index (χ2n) is 5.90. The molecule has 154 valence electrons. The number of Topliss-reactive ketones (excluding diaryl/α,β-unsaturated/α-hetero) is 2. The number of ether oxygens (including phenoxy) is 3. The van der Waals surface area contributed by atoms with Crippen LogP contribution in [0.15, 0.2) is 22.7 Å². The molecule has 1 fully saturated rings. The third-order valence-electron chi connectivity index (χ3n) is 4.41. The van der Waals surface area contributed by atoms with Gasteiger partial charge in [0.1, 0.15) is 0 Å². The molecule has 1 saturated heterocycles. The number of nitrogens with zero attached hydrogens (tertiary/aromatic N) is 2. The molecule has 2 rings (SSSR count). The molecule has 13 nitrogen and oxygen atoms in total. The van der Waals surface area contributed by atoms with Crippen molar-refractivity contribution in [3.8, 4) is 0 Å². The van der Waals surface area contributed by atoms with E-state index in [2.05, 4.69) is 9.68 Å². The first-order valence-corrected chi connectivity index (χ1v) is 8.06. The summed E-state index contributed by atoms with van der Waals surface area (Å²) in [5, 5.41) is 19.0. The zero-order chi connectivity index (χ0) is 21.0. The Balaban J connectivity index is 2.16. The van der Waals surface area contributed by atoms with Crippen molar-refractivity contribution >= 4 is 11.6 Å². The highest BCUT2D eigenvalue weighted by Crippen LogP contribution is 2.31. The van der Waals surface area contributed by atoms with Crippen LogP contribution >= 0.6 is 0 Å². The fourth-order valence-electron chi connectivity index (χ4n) is 3.11. The minimum Gasteiger partial charge on any atom is -0.489 e. The summed E-state index contributed by atoms with van der Waals surface area (Å²) in [6, 6.07) is 0. The lowest BCUT2D eigenvalue weighted by atomic mass is 9.89. The number of allylic oxidation sites excluding steroid dienone is 2. The van der Waals surface area contributed by atoms with E-state index in [9.17, 15) is 29.8 Å². The number of carbonyl (C=O) groups excluding carboxylic acids is 2. The quantitative estimate of drug-likeness (QED) is 0.295. The summed E-state index contributed by atoms with van der Waals surface area (Å²) in [5.74, 6) is -1.53. The molecule has 2 aliphatic rings. The molecule has 1 unspecified atom stereocenters. The topological polar surface area (TPSA) is 167 Å². The Morgan fingerprint density at radius 1 is 1.04 bits per heavy atom. The highest BCUT2D eigenvalue weighted by atomic mass is 17.0. The normalized spacial score (nSPS) is 25.0. The first-order valence-electron chi connectivity index (χ1n) is 8.06. The lowest BCUT2D eigenvalue weighted by Crippen LogP contribution is -2.38. The molecule has 0 aromatic carbocycles. The maximum Gasteiger partial charge on any atom is 0.294 e. The molecule has 0 aromatic heterocycles. The van der Waals surface area contributed by atoms with Crippen molar-refractivity contribution in [2.75, 3.05) is 20.8 Å². The SMILES string of the molecule is COC1=C(OC)C(=O)C(CCC2OC[C@@H](O[N+](=O)[O-])[C@H]2O[N+](=O)[O-])=C(C)C1=O. The lowest BCUT2D eigenvalue weighted by molar-refractivity contribution is -0.797. The molecular weight excluding hydrogens is 384 g/mol. The maximum atomic E-state index is 12.6. The van der Waals surface area contributed by atoms with Crippen LogP contribution in [0.3, 0.4) is 0 Å². The summed E-state index contributed by atoms with van der Waals surface area (Å²) in [7, 11) is 2.46. The van der Waals surface area contributed by atoms with Crippen molar-refractivity contribution in [3.05, 3.63) is 42.9 Å². The van der Waals surface area contributed by atoms with Gasteiger partial charge in [0.2, 0.25) is 23.1 Å². The first-order chi connectivity index (χ1) is 13.2. The summed E-state index contributed by atoms with van der Waals surface area (Å²) < 4.78 is 15.2. The van der Waals surface area contributed by atoms with Gasteiger partial charge >= 0.3 is 0 Å².